The number of hydrogen-bond donors (Lipinski definition) is 1. The van der Waals surface area contributed by atoms with Crippen LogP contribution in [0, 0.1) is 0 Å². The van der Waals surface area contributed by atoms with E-state index in [9.17, 15) is 9.59 Å². The van der Waals surface area contributed by atoms with Crippen molar-refractivity contribution in [1.29, 1.82) is 0 Å². The molecule has 1 aromatic carbocycles. The first-order valence-electron chi connectivity index (χ1n) is 10.3. The van der Waals surface area contributed by atoms with Gasteiger partial charge in [0.1, 0.15) is 5.76 Å². The maximum atomic E-state index is 13.1. The number of hydrogen-bond acceptors (Lipinski definition) is 5. The summed E-state index contributed by atoms with van der Waals surface area (Å²) in [5, 5.41) is 3.03. The normalized spacial score (nSPS) is 17.8. The van der Waals surface area contributed by atoms with E-state index in [4.69, 9.17) is 4.42 Å². The second kappa shape index (κ2) is 9.24. The summed E-state index contributed by atoms with van der Waals surface area (Å²) in [5.74, 6) is 0.923. The predicted molar refractivity (Wildman–Crippen MR) is 110 cm³/mol. The van der Waals surface area contributed by atoms with Gasteiger partial charge in [-0.1, -0.05) is 18.2 Å². The summed E-state index contributed by atoms with van der Waals surface area (Å²) in [6, 6.07) is 13.8. The van der Waals surface area contributed by atoms with Gasteiger partial charge in [0, 0.05) is 37.9 Å². The van der Waals surface area contributed by atoms with Crippen molar-refractivity contribution in [1.82, 2.24) is 15.1 Å². The van der Waals surface area contributed by atoms with Crippen LogP contribution >= 0.6 is 0 Å². The smallest absolute Gasteiger partial charge is 0.241 e. The molecule has 1 saturated heterocycles. The number of rotatable bonds is 8. The third-order valence-corrected chi connectivity index (χ3v) is 5.40. The van der Waals surface area contributed by atoms with Crippen LogP contribution in [-0.2, 0) is 16.1 Å². The molecule has 2 aliphatic rings. The minimum absolute atomic E-state index is 0.0486. The molecule has 4 rings (SSSR count). The van der Waals surface area contributed by atoms with E-state index in [-0.39, 0.29) is 11.8 Å². The van der Waals surface area contributed by atoms with E-state index < -0.39 is 0 Å². The fourth-order valence-corrected chi connectivity index (χ4v) is 3.58. The SMILES string of the molecule is O=C(CN1CCN(CC(=O)N(Cc2ccco2)c2ccccc2)CC1)NC1CC1. The van der Waals surface area contributed by atoms with Gasteiger partial charge in [-0.25, -0.2) is 0 Å². The molecule has 1 aliphatic heterocycles. The summed E-state index contributed by atoms with van der Waals surface area (Å²) in [4.78, 5) is 31.2. The molecule has 0 unspecified atom stereocenters. The second-order valence-corrected chi connectivity index (χ2v) is 7.79. The summed E-state index contributed by atoms with van der Waals surface area (Å²) >= 11 is 0. The molecule has 2 heterocycles. The van der Waals surface area contributed by atoms with Crippen molar-refractivity contribution in [2.75, 3.05) is 44.2 Å². The highest BCUT2D eigenvalue weighted by Gasteiger charge is 2.26. The van der Waals surface area contributed by atoms with E-state index in [0.717, 1.165) is 50.5 Å². The van der Waals surface area contributed by atoms with Crippen LogP contribution in [0.15, 0.2) is 53.1 Å². The van der Waals surface area contributed by atoms with E-state index >= 15 is 0 Å². The first-order valence-corrected chi connectivity index (χ1v) is 10.3. The van der Waals surface area contributed by atoms with Crippen molar-refractivity contribution >= 4 is 17.5 Å². The highest BCUT2D eigenvalue weighted by Crippen LogP contribution is 2.19. The van der Waals surface area contributed by atoms with Crippen LogP contribution < -0.4 is 10.2 Å². The van der Waals surface area contributed by atoms with Gasteiger partial charge in [0.25, 0.3) is 0 Å². The third kappa shape index (κ3) is 5.68. The van der Waals surface area contributed by atoms with Gasteiger partial charge < -0.3 is 14.6 Å². The zero-order valence-electron chi connectivity index (χ0n) is 16.6. The first-order chi connectivity index (χ1) is 14.2. The molecule has 0 bridgehead atoms. The molecule has 154 valence electrons. The summed E-state index contributed by atoms with van der Waals surface area (Å²) in [6.07, 6.45) is 3.84. The van der Waals surface area contributed by atoms with Gasteiger partial charge in [-0.15, -0.1) is 0 Å². The fraction of sp³-hybridized carbons (Fsp3) is 0.455. The monoisotopic (exact) mass is 396 g/mol. The van der Waals surface area contributed by atoms with Crippen LogP contribution in [0.2, 0.25) is 0 Å². The van der Waals surface area contributed by atoms with Crippen LogP contribution in [0.4, 0.5) is 5.69 Å². The number of benzene rings is 1. The molecule has 1 aliphatic carbocycles. The number of nitrogens with zero attached hydrogens (tertiary/aromatic N) is 3. The fourth-order valence-electron chi connectivity index (χ4n) is 3.58. The lowest BCUT2D eigenvalue weighted by atomic mass is 10.2. The highest BCUT2D eigenvalue weighted by molar-refractivity contribution is 5.94. The molecule has 1 N–H and O–H groups in total. The van der Waals surface area contributed by atoms with E-state index in [2.05, 4.69) is 15.1 Å². The quantitative estimate of drug-likeness (QED) is 0.736. The van der Waals surface area contributed by atoms with Crippen molar-refractivity contribution in [2.24, 2.45) is 0 Å². The maximum absolute atomic E-state index is 13.1. The zero-order chi connectivity index (χ0) is 20.1. The highest BCUT2D eigenvalue weighted by atomic mass is 16.3. The summed E-state index contributed by atoms with van der Waals surface area (Å²) in [7, 11) is 0. The summed E-state index contributed by atoms with van der Waals surface area (Å²) < 4.78 is 5.46. The van der Waals surface area contributed by atoms with Crippen molar-refractivity contribution in [2.45, 2.75) is 25.4 Å². The van der Waals surface area contributed by atoms with Gasteiger partial charge in [-0.3, -0.25) is 19.4 Å². The Labute approximate surface area is 171 Å². The molecule has 1 saturated carbocycles. The number of nitrogens with one attached hydrogen (secondary N) is 1. The zero-order valence-corrected chi connectivity index (χ0v) is 16.6. The molecule has 2 amide bonds. The molecule has 0 spiro atoms. The Morgan fingerprint density at radius 3 is 2.28 bits per heavy atom. The van der Waals surface area contributed by atoms with E-state index in [1.807, 2.05) is 42.5 Å². The molecule has 0 radical (unpaired) electrons. The summed E-state index contributed by atoms with van der Waals surface area (Å²) in [6.45, 7) is 4.39. The van der Waals surface area contributed by atoms with Crippen molar-refractivity contribution in [3.05, 3.63) is 54.5 Å². The lowest BCUT2D eigenvalue weighted by molar-refractivity contribution is -0.124. The molecule has 7 heteroatoms. The Morgan fingerprint density at radius 2 is 1.66 bits per heavy atom. The van der Waals surface area contributed by atoms with Crippen molar-refractivity contribution in [3.8, 4) is 0 Å². The number of furan rings is 1. The summed E-state index contributed by atoms with van der Waals surface area (Å²) in [5.41, 5.74) is 0.865. The molecule has 29 heavy (non-hydrogen) atoms. The predicted octanol–water partition coefficient (Wildman–Crippen LogP) is 1.71. The Hall–Kier alpha value is -2.64. The van der Waals surface area contributed by atoms with E-state index in [1.54, 1.807) is 11.2 Å². The number of para-hydroxylation sites is 1. The molecule has 2 aromatic rings. The minimum atomic E-state index is 0.0486. The van der Waals surface area contributed by atoms with Crippen molar-refractivity contribution < 1.29 is 14.0 Å². The molecule has 1 aromatic heterocycles. The molecule has 2 fully saturated rings. The minimum Gasteiger partial charge on any atom is -0.467 e. The number of amides is 2. The van der Waals surface area contributed by atoms with Gasteiger partial charge in [-0.2, -0.15) is 0 Å². The number of carbonyl (C=O) groups is 2. The van der Waals surface area contributed by atoms with Crippen molar-refractivity contribution in [3.63, 3.8) is 0 Å². The average Bonchev–Trinajstić information content (AvgIpc) is 3.38. The number of anilines is 1. The Balaban J connectivity index is 1.30. The Bertz CT molecular complexity index is 797. The van der Waals surface area contributed by atoms with Gasteiger partial charge in [-0.05, 0) is 37.1 Å². The molecule has 0 atom stereocenters. The third-order valence-electron chi connectivity index (χ3n) is 5.40. The standard InChI is InChI=1S/C22H28N4O3/c27-21(23-18-8-9-18)16-24-10-12-25(13-11-24)17-22(28)26(15-20-7-4-14-29-20)19-5-2-1-3-6-19/h1-7,14,18H,8-13,15-17H2,(H,23,27). The lowest BCUT2D eigenvalue weighted by Gasteiger charge is -2.35. The maximum Gasteiger partial charge on any atom is 0.241 e. The van der Waals surface area contributed by atoms with Crippen LogP contribution in [-0.4, -0.2) is 66.9 Å². The molecular formula is C22H28N4O3. The van der Waals surface area contributed by atoms with Crippen LogP contribution in [0.1, 0.15) is 18.6 Å². The van der Waals surface area contributed by atoms with Gasteiger partial charge >= 0.3 is 0 Å². The largest absolute Gasteiger partial charge is 0.467 e. The Kier molecular flexibility index (Phi) is 6.27. The number of carbonyl (C=O) groups excluding carboxylic acids is 2. The Morgan fingerprint density at radius 1 is 0.966 bits per heavy atom. The molecule has 7 nitrogen and oxygen atoms in total. The van der Waals surface area contributed by atoms with Crippen LogP contribution in [0.3, 0.4) is 0 Å². The van der Waals surface area contributed by atoms with Crippen LogP contribution in [0.5, 0.6) is 0 Å². The average molecular weight is 396 g/mol. The van der Waals surface area contributed by atoms with E-state index in [0.29, 0.717) is 25.7 Å². The second-order valence-electron chi connectivity index (χ2n) is 7.79. The van der Waals surface area contributed by atoms with Gasteiger partial charge in [0.15, 0.2) is 0 Å². The lowest BCUT2D eigenvalue weighted by Crippen LogP contribution is -2.52. The van der Waals surface area contributed by atoms with Crippen LogP contribution in [0.25, 0.3) is 0 Å². The van der Waals surface area contributed by atoms with E-state index in [1.165, 1.54) is 0 Å². The first kappa shape index (κ1) is 19.7. The molecular weight excluding hydrogens is 368 g/mol. The van der Waals surface area contributed by atoms with Gasteiger partial charge in [0.2, 0.25) is 11.8 Å². The topological polar surface area (TPSA) is 69.0 Å². The van der Waals surface area contributed by atoms with Gasteiger partial charge in [0.05, 0.1) is 25.9 Å². The number of piperazine rings is 1.